The minimum Gasteiger partial charge on any atom is -0.343 e. The lowest BCUT2D eigenvalue weighted by molar-refractivity contribution is -0.136. The fourth-order valence-corrected chi connectivity index (χ4v) is 11.7. The fourth-order valence-electron chi connectivity index (χ4n) is 11.7. The van der Waals surface area contributed by atoms with Gasteiger partial charge in [0.05, 0.1) is 29.8 Å². The van der Waals surface area contributed by atoms with Crippen molar-refractivity contribution in [2.45, 2.75) is 103 Å². The Kier molecular flexibility index (Phi) is 13.5. The molecule has 17 nitrogen and oxygen atoms in total. The highest BCUT2D eigenvalue weighted by atomic mass is 19.3. The van der Waals surface area contributed by atoms with Gasteiger partial charge in [-0.25, -0.2) is 13.6 Å². The molecule has 0 radical (unpaired) electrons. The number of aromatic nitrogens is 6. The van der Waals surface area contributed by atoms with Crippen molar-refractivity contribution in [3.63, 3.8) is 0 Å². The van der Waals surface area contributed by atoms with Crippen LogP contribution in [-0.4, -0.2) is 137 Å². The molecule has 19 heteroatoms. The minimum atomic E-state index is -2.68. The molecule has 5 aromatic rings. The summed E-state index contributed by atoms with van der Waals surface area (Å²) in [5.41, 5.74) is 7.29. The molecule has 3 fully saturated rings. The summed E-state index contributed by atoms with van der Waals surface area (Å²) >= 11 is 0. The van der Waals surface area contributed by atoms with Crippen molar-refractivity contribution in [2.75, 3.05) is 70.3 Å². The number of halogens is 2. The van der Waals surface area contributed by atoms with Gasteiger partial charge >= 0.3 is 5.69 Å². The van der Waals surface area contributed by atoms with Crippen molar-refractivity contribution in [2.24, 2.45) is 14.1 Å². The van der Waals surface area contributed by atoms with Gasteiger partial charge in [0.1, 0.15) is 6.04 Å². The highest BCUT2D eigenvalue weighted by molar-refractivity contribution is 6.00. The predicted molar refractivity (Wildman–Crippen MR) is 260 cm³/mol. The van der Waals surface area contributed by atoms with E-state index in [0.717, 1.165) is 129 Å². The monoisotopic (exact) mass is 963 g/mol. The molecule has 372 valence electrons. The van der Waals surface area contributed by atoms with E-state index in [4.69, 9.17) is 5.10 Å². The molecular weight excluding hydrogens is 899 g/mol. The van der Waals surface area contributed by atoms with Gasteiger partial charge in [-0.3, -0.25) is 43.0 Å². The number of rotatable bonds is 13. The number of fused-ring (bicyclic) bond motifs is 3. The third kappa shape index (κ3) is 9.29. The van der Waals surface area contributed by atoms with E-state index in [9.17, 15) is 32.8 Å². The molecule has 5 aliphatic heterocycles. The zero-order valence-corrected chi connectivity index (χ0v) is 40.5. The van der Waals surface area contributed by atoms with Crippen LogP contribution in [0.5, 0.6) is 0 Å². The number of nitrogens with zero attached hydrogens (tertiary/aromatic N) is 11. The number of nitrogens with one attached hydrogen (secondary N) is 1. The Bertz CT molecular complexity index is 2870. The Morgan fingerprint density at radius 3 is 2.33 bits per heavy atom. The van der Waals surface area contributed by atoms with Crippen molar-refractivity contribution < 1.29 is 28.0 Å². The summed E-state index contributed by atoms with van der Waals surface area (Å²) in [6, 6.07) is 8.77. The fraction of sp³-hybridized carbons (Fsp3) is 0.549. The van der Waals surface area contributed by atoms with Gasteiger partial charge in [-0.15, -0.1) is 0 Å². The van der Waals surface area contributed by atoms with Crippen molar-refractivity contribution >= 4 is 46.2 Å². The van der Waals surface area contributed by atoms with Crippen LogP contribution in [0.4, 0.5) is 20.3 Å². The molecular formula is C51H64F2N12O5. The zero-order valence-electron chi connectivity index (χ0n) is 40.5. The standard InChI is InChI=1S/C51H64F2N12O5/c1-33(66)62-23-17-41-40(32-62)49(63-20-6-10-35-28-38(36-30-54-57(2)31-36)39(48(52)53)29-44(35)63)56-65(41)37-15-21-61(22-16-37)46(68)12-7-19-60-26-24-59(25-27-60)18-5-9-34-8-4-11-42-47(34)58(3)51(70)64(42)43-13-14-45(67)55-50(43)69/h4,8,11,28-31,37,43,48H,5-7,9-10,12-27,32H2,1-3H3,(H,55,67,69). The minimum absolute atomic E-state index is 0.00442. The molecule has 5 aliphatic rings. The summed E-state index contributed by atoms with van der Waals surface area (Å²) in [6.07, 6.45) is 8.04. The lowest BCUT2D eigenvalue weighted by Gasteiger charge is -2.35. The summed E-state index contributed by atoms with van der Waals surface area (Å²) in [7, 11) is 3.52. The number of piperidine rings is 2. The quantitative estimate of drug-likeness (QED) is 0.159. The van der Waals surface area contributed by atoms with Crippen LogP contribution in [0.1, 0.15) is 105 Å². The second-order valence-corrected chi connectivity index (χ2v) is 19.9. The molecule has 1 atom stereocenters. The normalized spacial score (nSPS) is 19.6. The number of carbonyl (C=O) groups is 4. The van der Waals surface area contributed by atoms with Crippen LogP contribution in [0.2, 0.25) is 0 Å². The molecule has 1 unspecified atom stereocenters. The largest absolute Gasteiger partial charge is 0.343 e. The van der Waals surface area contributed by atoms with E-state index >= 15 is 0 Å². The summed E-state index contributed by atoms with van der Waals surface area (Å²) < 4.78 is 36.4. The van der Waals surface area contributed by atoms with Gasteiger partial charge in [-0.1, -0.05) is 12.1 Å². The van der Waals surface area contributed by atoms with Crippen molar-refractivity contribution in [3.8, 4) is 11.1 Å². The van der Waals surface area contributed by atoms with Crippen molar-refractivity contribution in [3.05, 3.63) is 81.2 Å². The van der Waals surface area contributed by atoms with Gasteiger partial charge in [-0.2, -0.15) is 10.2 Å². The number of amides is 4. The van der Waals surface area contributed by atoms with Gasteiger partial charge in [0, 0.05) is 127 Å². The van der Waals surface area contributed by atoms with Gasteiger partial charge in [-0.05, 0) is 99.3 Å². The number of anilines is 2. The molecule has 70 heavy (non-hydrogen) atoms. The summed E-state index contributed by atoms with van der Waals surface area (Å²) in [4.78, 5) is 74.9. The second kappa shape index (κ2) is 19.9. The van der Waals surface area contributed by atoms with Crippen molar-refractivity contribution in [1.29, 1.82) is 0 Å². The highest BCUT2D eigenvalue weighted by Crippen LogP contribution is 2.44. The molecule has 0 aliphatic carbocycles. The van der Waals surface area contributed by atoms with E-state index < -0.39 is 18.4 Å². The SMILES string of the molecule is CC(=O)N1CCc2c(c(N3CCCc4cc(-c5cnn(C)c5)c(C(F)F)cc43)nn2C2CCN(C(=O)CCCN3CCN(CCCc4cccc5c4n(C)c(=O)n5C4CCC(=O)NC4=O)CC3)CC2)C1. The number of aryl methyl sites for hydroxylation is 4. The van der Waals surface area contributed by atoms with Gasteiger partial charge < -0.3 is 24.5 Å². The maximum absolute atomic E-state index is 14.7. The van der Waals surface area contributed by atoms with E-state index in [2.05, 4.69) is 35.9 Å². The first-order valence-electron chi connectivity index (χ1n) is 25.1. The van der Waals surface area contributed by atoms with Crippen LogP contribution in [0.3, 0.4) is 0 Å². The number of imidazole rings is 1. The van der Waals surface area contributed by atoms with Crippen LogP contribution < -0.4 is 15.9 Å². The third-order valence-electron chi connectivity index (χ3n) is 15.5. The van der Waals surface area contributed by atoms with Gasteiger partial charge in [0.15, 0.2) is 5.82 Å². The van der Waals surface area contributed by atoms with Crippen LogP contribution >= 0.6 is 0 Å². The Balaban J connectivity index is 0.716. The average molecular weight is 963 g/mol. The molecule has 0 bridgehead atoms. The number of hydrogen-bond acceptors (Lipinski definition) is 10. The van der Waals surface area contributed by atoms with E-state index in [1.165, 1.54) is 0 Å². The van der Waals surface area contributed by atoms with E-state index in [-0.39, 0.29) is 41.4 Å². The highest BCUT2D eigenvalue weighted by Gasteiger charge is 2.36. The molecule has 3 aromatic heterocycles. The number of para-hydroxylation sites is 1. The van der Waals surface area contributed by atoms with E-state index in [0.29, 0.717) is 63.1 Å². The van der Waals surface area contributed by atoms with Crippen LogP contribution in [-0.2, 0) is 59.1 Å². The molecule has 10 rings (SSSR count). The number of likely N-dealkylation sites (tertiary alicyclic amines) is 1. The molecule has 0 saturated carbocycles. The van der Waals surface area contributed by atoms with E-state index in [1.54, 1.807) is 53.3 Å². The lowest BCUT2D eigenvalue weighted by atomic mass is 9.92. The lowest BCUT2D eigenvalue weighted by Crippen LogP contribution is -2.47. The molecule has 8 heterocycles. The van der Waals surface area contributed by atoms with Gasteiger partial charge in [0.2, 0.25) is 23.6 Å². The number of imide groups is 1. The number of hydrogen-bond donors (Lipinski definition) is 1. The number of piperazine rings is 1. The Hall–Kier alpha value is -6.21. The number of carbonyl (C=O) groups excluding carboxylic acids is 4. The summed E-state index contributed by atoms with van der Waals surface area (Å²) in [5.74, 6) is 0.177. The molecule has 3 saturated heterocycles. The summed E-state index contributed by atoms with van der Waals surface area (Å²) in [6.45, 7) is 10.1. The average Bonchev–Trinajstić information content (AvgIpc) is 4.04. The molecule has 2 aromatic carbocycles. The first kappa shape index (κ1) is 47.5. The molecule has 1 N–H and O–H groups in total. The Labute approximate surface area is 405 Å². The van der Waals surface area contributed by atoms with E-state index in [1.807, 2.05) is 28.0 Å². The predicted octanol–water partition coefficient (Wildman–Crippen LogP) is 5.04. The topological polar surface area (TPSA) is 159 Å². The molecule has 4 amide bonds. The Morgan fingerprint density at radius 1 is 0.871 bits per heavy atom. The maximum Gasteiger partial charge on any atom is 0.329 e. The third-order valence-corrected chi connectivity index (χ3v) is 15.5. The zero-order chi connectivity index (χ0) is 48.8. The van der Waals surface area contributed by atoms with Crippen LogP contribution in [0, 0.1) is 0 Å². The second-order valence-electron chi connectivity index (χ2n) is 19.9. The summed E-state index contributed by atoms with van der Waals surface area (Å²) in [5, 5.41) is 11.9. The van der Waals surface area contributed by atoms with Crippen LogP contribution in [0.15, 0.2) is 47.5 Å². The maximum atomic E-state index is 14.7. The molecule has 0 spiro atoms. The Morgan fingerprint density at radius 2 is 1.63 bits per heavy atom. The van der Waals surface area contributed by atoms with Crippen molar-refractivity contribution in [1.82, 2.24) is 53.6 Å². The number of alkyl halides is 2. The number of benzene rings is 2. The van der Waals surface area contributed by atoms with Crippen LogP contribution in [0.25, 0.3) is 22.2 Å². The first-order valence-corrected chi connectivity index (χ1v) is 25.1. The van der Waals surface area contributed by atoms with Gasteiger partial charge in [0.25, 0.3) is 6.43 Å². The smallest absolute Gasteiger partial charge is 0.329 e. The first-order chi connectivity index (χ1) is 33.8.